The molecule has 0 unspecified atom stereocenters. The lowest BCUT2D eigenvalue weighted by Crippen LogP contribution is -2.37. The van der Waals surface area contributed by atoms with Gasteiger partial charge < -0.3 is 13.9 Å². The quantitative estimate of drug-likeness (QED) is 0.331. The molecule has 9 nitrogen and oxygen atoms in total. The molecule has 0 saturated heterocycles. The molecule has 0 aliphatic carbocycles. The smallest absolute Gasteiger partial charge is 0.280 e. The maximum Gasteiger partial charge on any atom is 0.280 e. The minimum absolute atomic E-state index is 0.127. The van der Waals surface area contributed by atoms with E-state index in [1.165, 1.54) is 68.8 Å². The van der Waals surface area contributed by atoms with Crippen LogP contribution in [0, 0.1) is 11.3 Å². The standard InChI is InChI=1S/C25H20N2O7S2/c1-32-20-8-12-22(13-9-20)35(28,29)27(36(30,31)23-14-10-21(33-2)11-15-23)25-19(17-26)16-24(34-25)18-6-4-3-5-7-18/h3-16H,1-2H3. The van der Waals surface area contributed by atoms with Crippen molar-refractivity contribution < 1.29 is 30.7 Å². The fraction of sp³-hybridized carbons (Fsp3) is 0.0800. The van der Waals surface area contributed by atoms with Gasteiger partial charge in [0.25, 0.3) is 20.0 Å². The molecule has 0 radical (unpaired) electrons. The molecule has 0 aliphatic rings. The van der Waals surface area contributed by atoms with E-state index in [0.717, 1.165) is 0 Å². The molecule has 0 saturated carbocycles. The lowest BCUT2D eigenvalue weighted by molar-refractivity contribution is 0.414. The number of ether oxygens (including phenoxy) is 2. The number of rotatable bonds is 8. The van der Waals surface area contributed by atoms with Gasteiger partial charge in [0.2, 0.25) is 5.88 Å². The first-order chi connectivity index (χ1) is 17.2. The Bertz CT molecular complexity index is 1540. The summed E-state index contributed by atoms with van der Waals surface area (Å²) < 4.78 is 71.3. The van der Waals surface area contributed by atoms with Crippen LogP contribution in [0.15, 0.2) is 99.1 Å². The fourth-order valence-electron chi connectivity index (χ4n) is 3.38. The van der Waals surface area contributed by atoms with E-state index >= 15 is 0 Å². The van der Waals surface area contributed by atoms with Crippen LogP contribution in [0.4, 0.5) is 5.88 Å². The molecule has 1 heterocycles. The van der Waals surface area contributed by atoms with E-state index in [1.807, 2.05) is 6.07 Å². The molecular formula is C25H20N2O7S2. The van der Waals surface area contributed by atoms with Crippen LogP contribution in [0.2, 0.25) is 0 Å². The van der Waals surface area contributed by atoms with Gasteiger partial charge in [0.05, 0.1) is 24.0 Å². The molecular weight excluding hydrogens is 504 g/mol. The minimum atomic E-state index is -4.79. The van der Waals surface area contributed by atoms with Gasteiger partial charge in [-0.2, -0.15) is 22.1 Å². The van der Waals surface area contributed by atoms with Gasteiger partial charge in [0, 0.05) is 11.6 Å². The molecule has 0 fully saturated rings. The highest BCUT2D eigenvalue weighted by molar-refractivity contribution is 8.10. The molecule has 11 heteroatoms. The van der Waals surface area contributed by atoms with Crippen LogP contribution in [-0.2, 0) is 20.0 Å². The Hall–Kier alpha value is -4.27. The van der Waals surface area contributed by atoms with E-state index in [4.69, 9.17) is 13.9 Å². The highest BCUT2D eigenvalue weighted by atomic mass is 32.3. The number of anilines is 1. The summed E-state index contributed by atoms with van der Waals surface area (Å²) in [6.07, 6.45) is 0. The van der Waals surface area contributed by atoms with Gasteiger partial charge in [-0.05, 0) is 48.5 Å². The Labute approximate surface area is 208 Å². The highest BCUT2D eigenvalue weighted by Gasteiger charge is 2.41. The summed E-state index contributed by atoms with van der Waals surface area (Å²) in [5.41, 5.74) is 0.256. The van der Waals surface area contributed by atoms with E-state index in [0.29, 0.717) is 17.1 Å². The van der Waals surface area contributed by atoms with Crippen molar-refractivity contribution >= 4 is 25.9 Å². The van der Waals surface area contributed by atoms with E-state index in [-0.39, 0.29) is 24.8 Å². The first-order valence-corrected chi connectivity index (χ1v) is 13.3. The molecule has 0 amide bonds. The second-order valence-electron chi connectivity index (χ2n) is 7.37. The number of methoxy groups -OCH3 is 2. The molecule has 0 bridgehead atoms. The zero-order chi connectivity index (χ0) is 25.9. The summed E-state index contributed by atoms with van der Waals surface area (Å²) in [6, 6.07) is 22.1. The number of benzene rings is 3. The highest BCUT2D eigenvalue weighted by Crippen LogP contribution is 2.38. The molecule has 36 heavy (non-hydrogen) atoms. The summed E-state index contributed by atoms with van der Waals surface area (Å²) in [6.45, 7) is 0. The third kappa shape index (κ3) is 4.51. The molecule has 0 N–H and O–H groups in total. The predicted molar refractivity (Wildman–Crippen MR) is 132 cm³/mol. The monoisotopic (exact) mass is 524 g/mol. The van der Waals surface area contributed by atoms with Gasteiger partial charge in [0.1, 0.15) is 28.9 Å². The largest absolute Gasteiger partial charge is 0.497 e. The first-order valence-electron chi connectivity index (χ1n) is 10.4. The van der Waals surface area contributed by atoms with Crippen molar-refractivity contribution in [1.29, 1.82) is 5.26 Å². The zero-order valence-corrected chi connectivity index (χ0v) is 20.8. The van der Waals surface area contributed by atoms with Gasteiger partial charge in [0.15, 0.2) is 0 Å². The van der Waals surface area contributed by atoms with Crippen LogP contribution in [0.5, 0.6) is 11.5 Å². The third-order valence-electron chi connectivity index (χ3n) is 5.21. The number of hydrogen-bond acceptors (Lipinski definition) is 8. The van der Waals surface area contributed by atoms with Gasteiger partial charge in [-0.25, -0.2) is 0 Å². The third-order valence-corrected chi connectivity index (χ3v) is 9.33. The van der Waals surface area contributed by atoms with Crippen LogP contribution in [0.1, 0.15) is 5.56 Å². The maximum atomic E-state index is 13.8. The normalized spacial score (nSPS) is 11.5. The lowest BCUT2D eigenvalue weighted by atomic mass is 10.1. The average molecular weight is 525 g/mol. The molecule has 0 spiro atoms. The first kappa shape index (κ1) is 24.8. The van der Waals surface area contributed by atoms with Crippen LogP contribution < -0.4 is 13.2 Å². The van der Waals surface area contributed by atoms with Crippen molar-refractivity contribution in [1.82, 2.24) is 0 Å². The Morgan fingerprint density at radius 3 is 1.64 bits per heavy atom. The number of hydrogen-bond donors (Lipinski definition) is 0. The molecule has 1 aromatic heterocycles. The molecule has 0 atom stereocenters. The second-order valence-corrected chi connectivity index (χ2v) is 11.2. The van der Waals surface area contributed by atoms with Crippen molar-refractivity contribution in [2.24, 2.45) is 0 Å². The lowest BCUT2D eigenvalue weighted by Gasteiger charge is -2.22. The molecule has 3 aromatic carbocycles. The Morgan fingerprint density at radius 2 is 1.22 bits per heavy atom. The number of nitriles is 1. The summed E-state index contributed by atoms with van der Waals surface area (Å²) in [7, 11) is -6.75. The average Bonchev–Trinajstić information content (AvgIpc) is 3.32. The Morgan fingerprint density at radius 1 is 0.750 bits per heavy atom. The predicted octanol–water partition coefficient (Wildman–Crippen LogP) is 4.42. The van der Waals surface area contributed by atoms with Crippen molar-refractivity contribution in [3.05, 3.63) is 90.5 Å². The van der Waals surface area contributed by atoms with Gasteiger partial charge >= 0.3 is 0 Å². The van der Waals surface area contributed by atoms with E-state index < -0.39 is 25.9 Å². The van der Waals surface area contributed by atoms with Gasteiger partial charge in [-0.15, -0.1) is 3.71 Å². The van der Waals surface area contributed by atoms with Crippen LogP contribution >= 0.6 is 0 Å². The van der Waals surface area contributed by atoms with Crippen molar-refractivity contribution in [3.63, 3.8) is 0 Å². The van der Waals surface area contributed by atoms with Crippen LogP contribution in [0.25, 0.3) is 11.3 Å². The van der Waals surface area contributed by atoms with E-state index in [9.17, 15) is 22.1 Å². The molecule has 184 valence electrons. The fourth-order valence-corrected chi connectivity index (χ4v) is 6.98. The summed E-state index contributed by atoms with van der Waals surface area (Å²) >= 11 is 0. The number of sulfonamides is 2. The summed E-state index contributed by atoms with van der Waals surface area (Å²) in [5, 5.41) is 9.78. The minimum Gasteiger partial charge on any atom is -0.497 e. The van der Waals surface area contributed by atoms with Crippen LogP contribution in [0.3, 0.4) is 0 Å². The summed E-state index contributed by atoms with van der Waals surface area (Å²) in [4.78, 5) is -0.691. The van der Waals surface area contributed by atoms with Crippen molar-refractivity contribution in [3.8, 4) is 28.9 Å². The molecule has 4 rings (SSSR count). The number of furan rings is 1. The van der Waals surface area contributed by atoms with Gasteiger partial charge in [-0.3, -0.25) is 0 Å². The molecule has 4 aromatic rings. The zero-order valence-electron chi connectivity index (χ0n) is 19.2. The Kier molecular flexibility index (Phi) is 6.74. The van der Waals surface area contributed by atoms with Gasteiger partial charge in [-0.1, -0.05) is 30.3 Å². The number of nitrogens with zero attached hydrogens (tertiary/aromatic N) is 2. The van der Waals surface area contributed by atoms with Crippen LogP contribution in [-0.4, -0.2) is 31.1 Å². The van der Waals surface area contributed by atoms with Crippen molar-refractivity contribution in [2.45, 2.75) is 9.79 Å². The van der Waals surface area contributed by atoms with E-state index in [2.05, 4.69) is 0 Å². The molecule has 0 aliphatic heterocycles. The topological polar surface area (TPSA) is 127 Å². The SMILES string of the molecule is COc1ccc(S(=O)(=O)N(c2oc(-c3ccccc3)cc2C#N)S(=O)(=O)c2ccc(OC)cc2)cc1. The van der Waals surface area contributed by atoms with E-state index in [1.54, 1.807) is 30.3 Å². The maximum absolute atomic E-state index is 13.8. The second kappa shape index (κ2) is 9.77. The summed E-state index contributed by atoms with van der Waals surface area (Å²) in [5.74, 6) is 0.228. The Balaban J connectivity index is 1.97. The van der Waals surface area contributed by atoms with Crippen molar-refractivity contribution in [2.75, 3.05) is 17.9 Å².